The molecule has 0 unspecified atom stereocenters. The van der Waals surface area contributed by atoms with Gasteiger partial charge in [0.05, 0.1) is 5.69 Å². The summed E-state index contributed by atoms with van der Waals surface area (Å²) >= 11 is 0. The van der Waals surface area contributed by atoms with Crippen molar-refractivity contribution < 1.29 is 19.4 Å². The van der Waals surface area contributed by atoms with E-state index in [1.807, 2.05) is 6.92 Å². The topological polar surface area (TPSA) is 84.7 Å². The monoisotopic (exact) mass is 255 g/mol. The molecule has 0 saturated carbocycles. The summed E-state index contributed by atoms with van der Waals surface area (Å²) in [4.78, 5) is 23.1. The van der Waals surface area contributed by atoms with E-state index in [0.717, 1.165) is 10.6 Å². The predicted octanol–water partition coefficient (Wildman–Crippen LogP) is -0.0413. The lowest BCUT2D eigenvalue weighted by molar-refractivity contribution is -0.144. The first-order valence-electron chi connectivity index (χ1n) is 5.41. The molecule has 1 aromatic rings. The lowest BCUT2D eigenvalue weighted by Gasteiger charge is -2.14. The van der Waals surface area contributed by atoms with Crippen LogP contribution in [0.15, 0.2) is 0 Å². The maximum absolute atomic E-state index is 11.6. The van der Waals surface area contributed by atoms with E-state index >= 15 is 0 Å². The first-order chi connectivity index (χ1) is 8.32. The van der Waals surface area contributed by atoms with Gasteiger partial charge in [0, 0.05) is 14.1 Å². The fourth-order valence-electron chi connectivity index (χ4n) is 1.50. The van der Waals surface area contributed by atoms with Crippen molar-refractivity contribution in [2.45, 2.75) is 13.8 Å². The Morgan fingerprint density at radius 3 is 2.50 bits per heavy atom. The lowest BCUT2D eigenvalue weighted by atomic mass is 10.3. The molecule has 7 heteroatoms. The Morgan fingerprint density at radius 1 is 1.44 bits per heavy atom. The Labute approximate surface area is 105 Å². The predicted molar refractivity (Wildman–Crippen MR) is 63.4 cm³/mol. The minimum Gasteiger partial charge on any atom is -0.480 e. The summed E-state index contributed by atoms with van der Waals surface area (Å²) in [5.41, 5.74) is 1.52. The largest absolute Gasteiger partial charge is 0.480 e. The molecule has 100 valence electrons. The molecule has 0 aromatic carbocycles. The minimum atomic E-state index is -1.06. The Bertz CT molecular complexity index is 467. The fourth-order valence-corrected chi connectivity index (χ4v) is 1.50. The molecule has 0 fully saturated rings. The standard InChI is InChI=1S/C11H17N3O4/c1-7-11(8(2)14(4)12-7)18-6-9(15)13(3)5-10(16)17/h5-6H2,1-4H3,(H,16,17). The molecule has 18 heavy (non-hydrogen) atoms. The summed E-state index contributed by atoms with van der Waals surface area (Å²) in [5.74, 6) is -0.880. The van der Waals surface area contributed by atoms with Crippen molar-refractivity contribution in [2.24, 2.45) is 7.05 Å². The number of carbonyl (C=O) groups is 2. The van der Waals surface area contributed by atoms with Crippen LogP contribution in [0.25, 0.3) is 0 Å². The number of ether oxygens (including phenoxy) is 1. The second-order valence-corrected chi connectivity index (χ2v) is 4.06. The van der Waals surface area contributed by atoms with E-state index in [0.29, 0.717) is 11.4 Å². The maximum Gasteiger partial charge on any atom is 0.323 e. The number of amides is 1. The van der Waals surface area contributed by atoms with Gasteiger partial charge in [-0.3, -0.25) is 14.3 Å². The maximum atomic E-state index is 11.6. The third-order valence-electron chi connectivity index (χ3n) is 2.58. The Balaban J connectivity index is 2.60. The molecule has 0 bridgehead atoms. The van der Waals surface area contributed by atoms with Crippen LogP contribution >= 0.6 is 0 Å². The summed E-state index contributed by atoms with van der Waals surface area (Å²) in [6, 6.07) is 0. The van der Waals surface area contributed by atoms with E-state index in [1.54, 1.807) is 18.7 Å². The van der Waals surface area contributed by atoms with Gasteiger partial charge in [0.2, 0.25) is 0 Å². The number of likely N-dealkylation sites (N-methyl/N-ethyl adjacent to an activating group) is 1. The summed E-state index contributed by atoms with van der Waals surface area (Å²) in [5, 5.41) is 12.7. The Morgan fingerprint density at radius 2 is 2.06 bits per heavy atom. The van der Waals surface area contributed by atoms with E-state index in [9.17, 15) is 9.59 Å². The number of hydrogen-bond donors (Lipinski definition) is 1. The van der Waals surface area contributed by atoms with Gasteiger partial charge in [-0.25, -0.2) is 0 Å². The number of aliphatic carboxylic acids is 1. The number of hydrogen-bond acceptors (Lipinski definition) is 4. The van der Waals surface area contributed by atoms with Crippen LogP contribution < -0.4 is 4.74 Å². The molecule has 1 heterocycles. The van der Waals surface area contributed by atoms with Crippen LogP contribution in [0.4, 0.5) is 0 Å². The minimum absolute atomic E-state index is 0.197. The summed E-state index contributed by atoms with van der Waals surface area (Å²) in [6.07, 6.45) is 0. The van der Waals surface area contributed by atoms with Crippen molar-refractivity contribution in [2.75, 3.05) is 20.2 Å². The molecule has 1 N–H and O–H groups in total. The van der Waals surface area contributed by atoms with Crippen LogP contribution in [-0.2, 0) is 16.6 Å². The number of aromatic nitrogens is 2. The smallest absolute Gasteiger partial charge is 0.323 e. The number of carboxylic acid groups (broad SMARTS) is 1. The quantitative estimate of drug-likeness (QED) is 0.798. The van der Waals surface area contributed by atoms with E-state index in [1.165, 1.54) is 7.05 Å². The van der Waals surface area contributed by atoms with Crippen molar-refractivity contribution in [1.82, 2.24) is 14.7 Å². The Hall–Kier alpha value is -2.05. The van der Waals surface area contributed by atoms with E-state index in [2.05, 4.69) is 5.10 Å². The van der Waals surface area contributed by atoms with Gasteiger partial charge in [-0.05, 0) is 13.8 Å². The Kier molecular flexibility index (Phi) is 4.30. The lowest BCUT2D eigenvalue weighted by Crippen LogP contribution is -2.35. The average molecular weight is 255 g/mol. The highest BCUT2D eigenvalue weighted by Gasteiger charge is 2.16. The molecule has 0 aliphatic rings. The molecule has 1 aromatic heterocycles. The highest BCUT2D eigenvalue weighted by atomic mass is 16.5. The molecule has 7 nitrogen and oxygen atoms in total. The van der Waals surface area contributed by atoms with Gasteiger partial charge >= 0.3 is 5.97 Å². The van der Waals surface area contributed by atoms with Crippen molar-refractivity contribution in [3.63, 3.8) is 0 Å². The SMILES string of the molecule is Cc1nn(C)c(C)c1OCC(=O)N(C)CC(=O)O. The molecular formula is C11H17N3O4. The normalized spacial score (nSPS) is 10.2. The van der Waals surface area contributed by atoms with Crippen LogP contribution in [0.5, 0.6) is 5.75 Å². The second kappa shape index (κ2) is 5.52. The van der Waals surface area contributed by atoms with Crippen LogP contribution in [-0.4, -0.2) is 51.9 Å². The van der Waals surface area contributed by atoms with E-state index in [4.69, 9.17) is 9.84 Å². The number of carbonyl (C=O) groups excluding carboxylic acids is 1. The first-order valence-corrected chi connectivity index (χ1v) is 5.41. The highest BCUT2D eigenvalue weighted by Crippen LogP contribution is 2.21. The first kappa shape index (κ1) is 14.0. The fraction of sp³-hybridized carbons (Fsp3) is 0.545. The van der Waals surface area contributed by atoms with Gasteiger partial charge in [0.15, 0.2) is 12.4 Å². The van der Waals surface area contributed by atoms with Gasteiger partial charge in [-0.15, -0.1) is 0 Å². The molecular weight excluding hydrogens is 238 g/mol. The molecule has 0 spiro atoms. The average Bonchev–Trinajstić information content (AvgIpc) is 2.49. The van der Waals surface area contributed by atoms with Crippen molar-refractivity contribution in [3.05, 3.63) is 11.4 Å². The van der Waals surface area contributed by atoms with Gasteiger partial charge in [0.1, 0.15) is 12.2 Å². The van der Waals surface area contributed by atoms with Gasteiger partial charge in [-0.2, -0.15) is 5.10 Å². The zero-order valence-electron chi connectivity index (χ0n) is 10.9. The van der Waals surface area contributed by atoms with Gasteiger partial charge in [0.25, 0.3) is 5.91 Å². The summed E-state index contributed by atoms with van der Waals surface area (Å²) in [6.45, 7) is 3.08. The number of aryl methyl sites for hydroxylation is 2. The zero-order valence-corrected chi connectivity index (χ0v) is 10.9. The van der Waals surface area contributed by atoms with Gasteiger partial charge < -0.3 is 14.7 Å². The molecule has 0 atom stereocenters. The molecule has 0 saturated heterocycles. The van der Waals surface area contributed by atoms with Gasteiger partial charge in [-0.1, -0.05) is 0 Å². The van der Waals surface area contributed by atoms with Crippen molar-refractivity contribution >= 4 is 11.9 Å². The third kappa shape index (κ3) is 3.22. The molecule has 0 aliphatic carbocycles. The van der Waals surface area contributed by atoms with Crippen molar-refractivity contribution in [3.8, 4) is 5.75 Å². The zero-order chi connectivity index (χ0) is 13.9. The summed E-state index contributed by atoms with van der Waals surface area (Å²) < 4.78 is 7.05. The van der Waals surface area contributed by atoms with E-state index < -0.39 is 5.97 Å². The second-order valence-electron chi connectivity index (χ2n) is 4.06. The number of nitrogens with zero attached hydrogens (tertiary/aromatic N) is 3. The van der Waals surface area contributed by atoms with Crippen molar-refractivity contribution in [1.29, 1.82) is 0 Å². The van der Waals surface area contributed by atoms with E-state index in [-0.39, 0.29) is 19.1 Å². The number of rotatable bonds is 5. The van der Waals surface area contributed by atoms with Crippen LogP contribution in [0.3, 0.4) is 0 Å². The summed E-state index contributed by atoms with van der Waals surface area (Å²) in [7, 11) is 3.20. The van der Waals surface area contributed by atoms with Crippen LogP contribution in [0.2, 0.25) is 0 Å². The van der Waals surface area contributed by atoms with Crippen LogP contribution in [0.1, 0.15) is 11.4 Å². The highest BCUT2D eigenvalue weighted by molar-refractivity contribution is 5.82. The molecule has 1 amide bonds. The third-order valence-corrected chi connectivity index (χ3v) is 2.58. The number of carboxylic acids is 1. The molecule has 0 radical (unpaired) electrons. The molecule has 0 aliphatic heterocycles. The van der Waals surface area contributed by atoms with Crippen LogP contribution in [0, 0.1) is 13.8 Å². The molecule has 1 rings (SSSR count).